The van der Waals surface area contributed by atoms with Gasteiger partial charge < -0.3 is 10.2 Å². The van der Waals surface area contributed by atoms with E-state index in [-0.39, 0.29) is 11.7 Å². The molecule has 1 aromatic carbocycles. The Hall–Kier alpha value is -3.72. The minimum Gasteiger partial charge on any atom is -0.341 e. The Bertz CT molecular complexity index is 1280. The van der Waals surface area contributed by atoms with E-state index in [1.165, 1.54) is 0 Å². The molecule has 1 unspecified atom stereocenters. The lowest BCUT2D eigenvalue weighted by Crippen LogP contribution is -2.50. The van der Waals surface area contributed by atoms with Crippen LogP contribution in [0.1, 0.15) is 49.9 Å². The number of hydrogen-bond acceptors (Lipinski definition) is 7. The fourth-order valence-corrected chi connectivity index (χ4v) is 5.14. The molecule has 204 valence electrons. The zero-order chi connectivity index (χ0) is 27.6. The first kappa shape index (κ1) is 28.3. The Balaban J connectivity index is 1.47. The van der Waals surface area contributed by atoms with E-state index < -0.39 is 6.04 Å². The van der Waals surface area contributed by atoms with Gasteiger partial charge in [-0.25, -0.2) is 0 Å². The summed E-state index contributed by atoms with van der Waals surface area (Å²) >= 11 is 6.57. The van der Waals surface area contributed by atoms with Crippen molar-refractivity contribution in [3.8, 4) is 0 Å². The van der Waals surface area contributed by atoms with Gasteiger partial charge in [0.25, 0.3) is 0 Å². The number of unbranched alkanes of at least 4 members (excludes halogenated alkanes) is 2. The highest BCUT2D eigenvalue weighted by molar-refractivity contribution is 6.31. The summed E-state index contributed by atoms with van der Waals surface area (Å²) in [6.07, 6.45) is 4.67. The first-order valence-corrected chi connectivity index (χ1v) is 13.6. The number of aliphatic imine (C=N–C) groups is 1. The van der Waals surface area contributed by atoms with Crippen molar-refractivity contribution >= 4 is 29.1 Å². The van der Waals surface area contributed by atoms with Crippen LogP contribution in [0.5, 0.6) is 0 Å². The van der Waals surface area contributed by atoms with Crippen molar-refractivity contribution in [3.63, 3.8) is 0 Å². The Labute approximate surface area is 233 Å². The number of ketones is 1. The molecule has 3 heterocycles. The number of aromatic nitrogens is 1. The van der Waals surface area contributed by atoms with Crippen LogP contribution < -0.4 is 5.32 Å². The van der Waals surface area contributed by atoms with Gasteiger partial charge in [-0.15, -0.1) is 0 Å². The van der Waals surface area contributed by atoms with Gasteiger partial charge >= 0.3 is 0 Å². The Morgan fingerprint density at radius 1 is 1.10 bits per heavy atom. The SMILES string of the molecule is CC(=O)C1=C(CN2CCN(C(=O)CCCCCN=[N+]=[N-])CC2)NC(c2ccccn2)=NC1c1ccccc1Cl. The quantitative estimate of drug-likeness (QED) is 0.189. The topological polar surface area (TPSA) is 127 Å². The number of carbonyl (C=O) groups excluding carboxylic acids is 2. The van der Waals surface area contributed by atoms with E-state index >= 15 is 0 Å². The van der Waals surface area contributed by atoms with E-state index in [0.717, 1.165) is 30.5 Å². The van der Waals surface area contributed by atoms with Crippen LogP contribution in [0, 0.1) is 0 Å². The van der Waals surface area contributed by atoms with E-state index in [2.05, 4.69) is 25.2 Å². The van der Waals surface area contributed by atoms with Crippen LogP contribution in [0.2, 0.25) is 5.02 Å². The molecule has 0 bridgehead atoms. The monoisotopic (exact) mass is 548 g/mol. The number of amides is 1. The number of Topliss-reactive ketones (excluding diaryl/α,β-unsaturated/α-hetero) is 1. The van der Waals surface area contributed by atoms with Gasteiger partial charge in [0.2, 0.25) is 5.91 Å². The van der Waals surface area contributed by atoms with Crippen molar-refractivity contribution < 1.29 is 9.59 Å². The van der Waals surface area contributed by atoms with Gasteiger partial charge in [0.1, 0.15) is 11.7 Å². The Morgan fingerprint density at radius 3 is 2.56 bits per heavy atom. The van der Waals surface area contributed by atoms with Crippen LogP contribution in [-0.2, 0) is 9.59 Å². The number of halogens is 1. The number of nitrogens with one attached hydrogen (secondary N) is 1. The maximum absolute atomic E-state index is 13.0. The number of rotatable bonds is 11. The van der Waals surface area contributed by atoms with Crippen molar-refractivity contribution in [3.05, 3.63) is 86.7 Å². The second-order valence-corrected chi connectivity index (χ2v) is 10.0. The van der Waals surface area contributed by atoms with Crippen LogP contribution in [0.15, 0.2) is 70.0 Å². The molecule has 2 aliphatic rings. The molecule has 10 nitrogen and oxygen atoms in total. The number of benzene rings is 1. The van der Waals surface area contributed by atoms with Crippen molar-refractivity contribution in [1.82, 2.24) is 20.1 Å². The van der Waals surface area contributed by atoms with Crippen LogP contribution in [0.3, 0.4) is 0 Å². The summed E-state index contributed by atoms with van der Waals surface area (Å²) in [5.74, 6) is 0.677. The lowest BCUT2D eigenvalue weighted by molar-refractivity contribution is -0.133. The van der Waals surface area contributed by atoms with E-state index in [1.54, 1.807) is 13.1 Å². The smallest absolute Gasteiger partial charge is 0.222 e. The lowest BCUT2D eigenvalue weighted by atomic mass is 9.92. The fourth-order valence-electron chi connectivity index (χ4n) is 4.90. The average molecular weight is 549 g/mol. The van der Waals surface area contributed by atoms with Crippen molar-refractivity contribution in [1.29, 1.82) is 0 Å². The normalized spacial score (nSPS) is 17.7. The minimum atomic E-state index is -0.550. The molecule has 2 aromatic rings. The average Bonchev–Trinajstić information content (AvgIpc) is 2.95. The van der Waals surface area contributed by atoms with Crippen LogP contribution in [-0.4, -0.2) is 71.6 Å². The first-order chi connectivity index (χ1) is 19.0. The number of piperazine rings is 1. The van der Waals surface area contributed by atoms with Crippen LogP contribution in [0.25, 0.3) is 10.4 Å². The molecule has 39 heavy (non-hydrogen) atoms. The maximum Gasteiger partial charge on any atom is 0.222 e. The second kappa shape index (κ2) is 13.9. The number of amidine groups is 1. The molecule has 11 heteroatoms. The van der Waals surface area contributed by atoms with Crippen molar-refractivity contribution in [2.75, 3.05) is 39.3 Å². The molecule has 1 aromatic heterocycles. The summed E-state index contributed by atoms with van der Waals surface area (Å²) in [5.41, 5.74) is 11.2. The molecule has 1 atom stereocenters. The summed E-state index contributed by atoms with van der Waals surface area (Å²) in [6, 6.07) is 12.5. The molecule has 0 radical (unpaired) electrons. The molecule has 1 amide bonds. The summed E-state index contributed by atoms with van der Waals surface area (Å²) in [7, 11) is 0. The molecule has 2 aliphatic heterocycles. The third-order valence-electron chi connectivity index (χ3n) is 6.93. The Morgan fingerprint density at radius 2 is 1.87 bits per heavy atom. The fraction of sp³-hybridized carbons (Fsp3) is 0.429. The summed E-state index contributed by atoms with van der Waals surface area (Å²) < 4.78 is 0. The summed E-state index contributed by atoms with van der Waals surface area (Å²) in [4.78, 5) is 42.0. The van der Waals surface area contributed by atoms with Gasteiger partial charge in [0.05, 0.1) is 0 Å². The van der Waals surface area contributed by atoms with Crippen molar-refractivity contribution in [2.45, 2.75) is 38.6 Å². The number of carbonyl (C=O) groups is 2. The van der Waals surface area contributed by atoms with Gasteiger partial charge in [-0.05, 0) is 49.1 Å². The Kier molecular flexibility index (Phi) is 10.1. The van der Waals surface area contributed by atoms with Crippen LogP contribution >= 0.6 is 11.6 Å². The zero-order valence-corrected chi connectivity index (χ0v) is 22.8. The van der Waals surface area contributed by atoms with Gasteiger partial charge in [-0.3, -0.25) is 24.5 Å². The summed E-state index contributed by atoms with van der Waals surface area (Å²) in [6.45, 7) is 5.22. The highest BCUT2D eigenvalue weighted by Crippen LogP contribution is 2.36. The molecule has 1 N–H and O–H groups in total. The zero-order valence-electron chi connectivity index (χ0n) is 22.1. The summed E-state index contributed by atoms with van der Waals surface area (Å²) in [5, 5.41) is 7.48. The van der Waals surface area contributed by atoms with E-state index in [0.29, 0.717) is 67.8 Å². The molecule has 0 saturated carbocycles. The molecular weight excluding hydrogens is 516 g/mol. The maximum atomic E-state index is 13.0. The van der Waals surface area contributed by atoms with Gasteiger partial charge in [-0.2, -0.15) is 0 Å². The molecule has 1 fully saturated rings. The standard InChI is InChI=1S/C28H33ClN8O2/c1-20(38)26-24(19-36-15-17-37(18-16-36)25(39)12-3-2-7-14-32-35-30)33-28(23-11-6-8-13-31-23)34-27(26)21-9-4-5-10-22(21)29/h4-6,8-11,13,27H,2-3,7,12,14-19H2,1H3,(H,33,34). The molecule has 0 aliphatic carbocycles. The first-order valence-electron chi connectivity index (χ1n) is 13.2. The van der Waals surface area contributed by atoms with Crippen LogP contribution in [0.4, 0.5) is 0 Å². The van der Waals surface area contributed by atoms with E-state index in [1.807, 2.05) is 47.4 Å². The predicted molar refractivity (Wildman–Crippen MR) is 151 cm³/mol. The second-order valence-electron chi connectivity index (χ2n) is 9.61. The van der Waals surface area contributed by atoms with Crippen molar-refractivity contribution in [2.24, 2.45) is 10.1 Å². The number of azide groups is 1. The molecule has 1 saturated heterocycles. The van der Waals surface area contributed by atoms with Gasteiger partial charge in [0.15, 0.2) is 11.6 Å². The largest absolute Gasteiger partial charge is 0.341 e. The third-order valence-corrected chi connectivity index (χ3v) is 7.28. The van der Waals surface area contributed by atoms with Gasteiger partial charge in [-0.1, -0.05) is 47.4 Å². The molecule has 0 spiro atoms. The number of nitrogens with zero attached hydrogens (tertiary/aromatic N) is 7. The highest BCUT2D eigenvalue weighted by Gasteiger charge is 2.32. The number of pyridine rings is 1. The lowest BCUT2D eigenvalue weighted by Gasteiger charge is -2.37. The van der Waals surface area contributed by atoms with Gasteiger partial charge in [0, 0.05) is 73.1 Å². The third kappa shape index (κ3) is 7.44. The van der Waals surface area contributed by atoms with E-state index in [9.17, 15) is 9.59 Å². The minimum absolute atomic E-state index is 0.0690. The predicted octanol–water partition coefficient (Wildman–Crippen LogP) is 4.68. The highest BCUT2D eigenvalue weighted by atomic mass is 35.5. The number of hydrogen-bond donors (Lipinski definition) is 1. The molecular formula is C28H33ClN8O2. The van der Waals surface area contributed by atoms with E-state index in [4.69, 9.17) is 22.1 Å². The molecule has 4 rings (SSSR count).